The SMILES string of the molecule is COC(=O)c1ccc2oc3c(c(=O)c2c1)CCCC3=Cc1ccccc1. The van der Waals surface area contributed by atoms with Crippen molar-refractivity contribution in [2.75, 3.05) is 7.11 Å². The van der Waals surface area contributed by atoms with Crippen molar-refractivity contribution in [3.8, 4) is 0 Å². The fourth-order valence-electron chi connectivity index (χ4n) is 3.42. The quantitative estimate of drug-likeness (QED) is 0.643. The second-order valence-corrected chi connectivity index (χ2v) is 6.38. The van der Waals surface area contributed by atoms with Crippen LogP contribution in [0.2, 0.25) is 0 Å². The third-order valence-corrected chi connectivity index (χ3v) is 4.71. The average Bonchev–Trinajstić information content (AvgIpc) is 2.69. The summed E-state index contributed by atoms with van der Waals surface area (Å²) in [5.74, 6) is 0.206. The number of fused-ring (bicyclic) bond motifs is 2. The monoisotopic (exact) mass is 346 g/mol. The van der Waals surface area contributed by atoms with E-state index in [2.05, 4.69) is 6.08 Å². The summed E-state index contributed by atoms with van der Waals surface area (Å²) in [5, 5.41) is 0.424. The second kappa shape index (κ2) is 6.64. The van der Waals surface area contributed by atoms with Gasteiger partial charge < -0.3 is 9.15 Å². The minimum atomic E-state index is -0.464. The zero-order valence-corrected chi connectivity index (χ0v) is 14.5. The van der Waals surface area contributed by atoms with Crippen LogP contribution in [0.4, 0.5) is 0 Å². The van der Waals surface area contributed by atoms with Crippen LogP contribution in [-0.2, 0) is 11.2 Å². The summed E-state index contributed by atoms with van der Waals surface area (Å²) in [5.41, 5.74) is 3.58. The van der Waals surface area contributed by atoms with E-state index in [0.29, 0.717) is 34.3 Å². The molecule has 26 heavy (non-hydrogen) atoms. The Hall–Kier alpha value is -3.14. The Balaban J connectivity index is 1.89. The highest BCUT2D eigenvalue weighted by Crippen LogP contribution is 2.33. The topological polar surface area (TPSA) is 56.5 Å². The minimum Gasteiger partial charge on any atom is -0.465 e. The summed E-state index contributed by atoms with van der Waals surface area (Å²) < 4.78 is 10.8. The number of allylic oxidation sites excluding steroid dienone is 1. The molecular formula is C22H18O4. The predicted molar refractivity (Wildman–Crippen MR) is 101 cm³/mol. The lowest BCUT2D eigenvalue weighted by Crippen LogP contribution is -2.16. The Morgan fingerprint density at radius 2 is 1.92 bits per heavy atom. The summed E-state index contributed by atoms with van der Waals surface area (Å²) >= 11 is 0. The molecule has 0 amide bonds. The predicted octanol–water partition coefficient (Wildman–Crippen LogP) is 4.46. The van der Waals surface area contributed by atoms with Gasteiger partial charge in [0.2, 0.25) is 0 Å². The van der Waals surface area contributed by atoms with Crippen molar-refractivity contribution in [1.29, 1.82) is 0 Å². The average molecular weight is 346 g/mol. The zero-order chi connectivity index (χ0) is 18.1. The van der Waals surface area contributed by atoms with Gasteiger partial charge in [0.05, 0.1) is 18.1 Å². The Morgan fingerprint density at radius 3 is 2.69 bits per heavy atom. The number of rotatable bonds is 2. The van der Waals surface area contributed by atoms with E-state index < -0.39 is 5.97 Å². The highest BCUT2D eigenvalue weighted by Gasteiger charge is 2.22. The molecule has 0 saturated carbocycles. The van der Waals surface area contributed by atoms with Gasteiger partial charge in [-0.2, -0.15) is 0 Å². The molecule has 4 heteroatoms. The normalized spacial score (nSPS) is 15.0. The van der Waals surface area contributed by atoms with Gasteiger partial charge in [0.25, 0.3) is 0 Å². The van der Waals surface area contributed by atoms with E-state index in [1.807, 2.05) is 30.3 Å². The summed E-state index contributed by atoms with van der Waals surface area (Å²) in [6, 6.07) is 14.9. The summed E-state index contributed by atoms with van der Waals surface area (Å²) in [6.45, 7) is 0. The van der Waals surface area contributed by atoms with Gasteiger partial charge in [-0.3, -0.25) is 4.79 Å². The Labute approximate surface area is 150 Å². The summed E-state index contributed by atoms with van der Waals surface area (Å²) in [4.78, 5) is 24.7. The van der Waals surface area contributed by atoms with E-state index in [1.54, 1.807) is 18.2 Å². The first kappa shape index (κ1) is 16.3. The zero-order valence-electron chi connectivity index (χ0n) is 14.5. The molecule has 0 atom stereocenters. The van der Waals surface area contributed by atoms with Crippen LogP contribution >= 0.6 is 0 Å². The summed E-state index contributed by atoms with van der Waals surface area (Å²) in [6.07, 6.45) is 4.53. The van der Waals surface area contributed by atoms with E-state index in [9.17, 15) is 9.59 Å². The van der Waals surface area contributed by atoms with Crippen LogP contribution in [-0.4, -0.2) is 13.1 Å². The van der Waals surface area contributed by atoms with Crippen LogP contribution in [0.5, 0.6) is 0 Å². The van der Waals surface area contributed by atoms with Crippen LogP contribution < -0.4 is 5.43 Å². The number of carbonyl (C=O) groups is 1. The van der Waals surface area contributed by atoms with Crippen LogP contribution in [0.3, 0.4) is 0 Å². The first-order chi connectivity index (χ1) is 12.7. The van der Waals surface area contributed by atoms with Gasteiger partial charge in [-0.15, -0.1) is 0 Å². The van der Waals surface area contributed by atoms with Crippen LogP contribution in [0.1, 0.15) is 40.1 Å². The van der Waals surface area contributed by atoms with Crippen molar-refractivity contribution in [2.24, 2.45) is 0 Å². The van der Waals surface area contributed by atoms with Crippen LogP contribution in [0.25, 0.3) is 22.6 Å². The Bertz CT molecular complexity index is 1070. The summed E-state index contributed by atoms with van der Waals surface area (Å²) in [7, 11) is 1.32. The van der Waals surface area contributed by atoms with Crippen LogP contribution in [0.15, 0.2) is 57.7 Å². The number of ether oxygens (including phenoxy) is 1. The van der Waals surface area contributed by atoms with Gasteiger partial charge in [0, 0.05) is 5.56 Å². The van der Waals surface area contributed by atoms with E-state index >= 15 is 0 Å². The molecular weight excluding hydrogens is 328 g/mol. The smallest absolute Gasteiger partial charge is 0.337 e. The highest BCUT2D eigenvalue weighted by atomic mass is 16.5. The lowest BCUT2D eigenvalue weighted by molar-refractivity contribution is 0.0601. The third kappa shape index (κ3) is 2.84. The molecule has 0 unspecified atom stereocenters. The molecule has 130 valence electrons. The van der Waals surface area contributed by atoms with Crippen molar-refractivity contribution in [2.45, 2.75) is 19.3 Å². The molecule has 4 nitrogen and oxygen atoms in total. The van der Waals surface area contributed by atoms with E-state index in [-0.39, 0.29) is 5.43 Å². The van der Waals surface area contributed by atoms with Crippen molar-refractivity contribution in [3.05, 3.63) is 81.2 Å². The Kier molecular flexibility index (Phi) is 4.17. The molecule has 1 aromatic heterocycles. The van der Waals surface area contributed by atoms with Gasteiger partial charge in [0.1, 0.15) is 11.3 Å². The standard InChI is InChI=1S/C22H18O4/c1-25-22(24)16-10-11-19-18(13-16)20(23)17-9-5-8-15(21(17)26-19)12-14-6-3-2-4-7-14/h2-4,6-7,10-13H,5,8-9H2,1H3. The molecule has 0 radical (unpaired) electrons. The maximum atomic E-state index is 13.0. The number of hydrogen-bond donors (Lipinski definition) is 0. The van der Waals surface area contributed by atoms with Crippen molar-refractivity contribution >= 4 is 28.6 Å². The molecule has 1 heterocycles. The van der Waals surface area contributed by atoms with Crippen molar-refractivity contribution in [3.63, 3.8) is 0 Å². The van der Waals surface area contributed by atoms with E-state index in [4.69, 9.17) is 9.15 Å². The molecule has 1 aliphatic rings. The molecule has 0 bridgehead atoms. The van der Waals surface area contributed by atoms with E-state index in [0.717, 1.165) is 24.0 Å². The second-order valence-electron chi connectivity index (χ2n) is 6.38. The molecule has 4 rings (SSSR count). The maximum absolute atomic E-state index is 13.0. The fraction of sp³-hybridized carbons (Fsp3) is 0.182. The van der Waals surface area contributed by atoms with Crippen LogP contribution in [0, 0.1) is 0 Å². The maximum Gasteiger partial charge on any atom is 0.337 e. The first-order valence-electron chi connectivity index (χ1n) is 8.61. The Morgan fingerprint density at radius 1 is 1.12 bits per heavy atom. The number of methoxy groups -OCH3 is 1. The van der Waals surface area contributed by atoms with Gasteiger partial charge in [-0.05, 0) is 54.7 Å². The minimum absolute atomic E-state index is 0.0642. The number of esters is 1. The molecule has 3 aromatic rings. The van der Waals surface area contributed by atoms with Crippen molar-refractivity contribution in [1.82, 2.24) is 0 Å². The van der Waals surface area contributed by atoms with Gasteiger partial charge in [-0.1, -0.05) is 30.3 Å². The molecule has 2 aromatic carbocycles. The molecule has 0 spiro atoms. The number of carbonyl (C=O) groups excluding carboxylic acids is 1. The molecule has 0 aliphatic heterocycles. The van der Waals surface area contributed by atoms with E-state index in [1.165, 1.54) is 7.11 Å². The number of hydrogen-bond acceptors (Lipinski definition) is 4. The molecule has 1 aliphatic carbocycles. The van der Waals surface area contributed by atoms with Gasteiger partial charge in [-0.25, -0.2) is 4.79 Å². The lowest BCUT2D eigenvalue weighted by atomic mass is 9.90. The molecule has 0 saturated heterocycles. The highest BCUT2D eigenvalue weighted by molar-refractivity contribution is 5.94. The van der Waals surface area contributed by atoms with Gasteiger partial charge >= 0.3 is 5.97 Å². The van der Waals surface area contributed by atoms with Gasteiger partial charge in [0.15, 0.2) is 5.43 Å². The fourth-order valence-corrected chi connectivity index (χ4v) is 3.42. The molecule has 0 fully saturated rings. The largest absolute Gasteiger partial charge is 0.465 e. The number of benzene rings is 2. The third-order valence-electron chi connectivity index (χ3n) is 4.71. The first-order valence-corrected chi connectivity index (χ1v) is 8.61. The van der Waals surface area contributed by atoms with Crippen molar-refractivity contribution < 1.29 is 13.9 Å². The molecule has 0 N–H and O–H groups in total. The lowest BCUT2D eigenvalue weighted by Gasteiger charge is -2.18.